The molecule has 1 amide bonds. The number of carbonyl (C=O) groups is 2. The number of amides is 1. The van der Waals surface area contributed by atoms with E-state index in [1.165, 1.54) is 0 Å². The number of carbonyl (C=O) groups excluding carboxylic acids is 1. The first-order valence-corrected chi connectivity index (χ1v) is 2.81. The van der Waals surface area contributed by atoms with Gasteiger partial charge in [0.05, 0.1) is 0 Å². The maximum Gasteiger partial charge on any atom is 0.503 e. The van der Waals surface area contributed by atoms with Crippen molar-refractivity contribution in [1.82, 2.24) is 5.32 Å². The Hall–Kier alpha value is -1.30. The van der Waals surface area contributed by atoms with E-state index in [2.05, 4.69) is 5.32 Å². The van der Waals surface area contributed by atoms with E-state index in [4.69, 9.17) is 15.0 Å². The van der Waals surface area contributed by atoms with Crippen LogP contribution in [-0.4, -0.2) is 34.3 Å². The first kappa shape index (κ1) is 12.4. The van der Waals surface area contributed by atoms with Crippen LogP contribution in [0.3, 0.4) is 0 Å². The van der Waals surface area contributed by atoms with Crippen molar-refractivity contribution < 1.29 is 25.3 Å². The first-order valence-electron chi connectivity index (χ1n) is 2.81. The van der Waals surface area contributed by atoms with E-state index >= 15 is 0 Å². The molecule has 0 atom stereocenters. The zero-order chi connectivity index (χ0) is 7.98. The average molecular weight is 165 g/mol. The zero-order valence-electron chi connectivity index (χ0n) is 5.83. The van der Waals surface area contributed by atoms with Crippen molar-refractivity contribution in [2.45, 2.75) is 12.8 Å². The van der Waals surface area contributed by atoms with Crippen LogP contribution in [0.2, 0.25) is 0 Å². The Morgan fingerprint density at radius 3 is 2.00 bits per heavy atom. The van der Waals surface area contributed by atoms with Gasteiger partial charge in [0.1, 0.15) is 0 Å². The van der Waals surface area contributed by atoms with Crippen molar-refractivity contribution in [3.63, 3.8) is 0 Å². The largest absolute Gasteiger partial charge is 0.503 e. The Bertz CT molecular complexity index is 123. The maximum absolute atomic E-state index is 10.1. The fourth-order valence-corrected chi connectivity index (χ4v) is 0.565. The summed E-state index contributed by atoms with van der Waals surface area (Å²) < 4.78 is 0. The van der Waals surface area contributed by atoms with E-state index in [1.54, 1.807) is 0 Å². The number of carboxylic acid groups (broad SMARTS) is 2. The molecule has 1 fully saturated rings. The highest BCUT2D eigenvalue weighted by molar-refractivity contribution is 5.77. The van der Waals surface area contributed by atoms with Crippen molar-refractivity contribution in [2.75, 3.05) is 6.54 Å². The average Bonchev–Trinajstić information content (AvgIpc) is 2.15. The Balaban J connectivity index is 0. The number of hydrogen-bond acceptors (Lipinski definition) is 2. The predicted molar refractivity (Wildman–Crippen MR) is 36.5 cm³/mol. The van der Waals surface area contributed by atoms with E-state index in [1.807, 2.05) is 0 Å². The Morgan fingerprint density at radius 1 is 1.45 bits per heavy atom. The van der Waals surface area contributed by atoms with Gasteiger partial charge in [-0.3, -0.25) is 4.79 Å². The van der Waals surface area contributed by atoms with Crippen LogP contribution >= 0.6 is 0 Å². The summed E-state index contributed by atoms with van der Waals surface area (Å²) >= 11 is 0. The molecule has 11 heavy (non-hydrogen) atoms. The van der Waals surface area contributed by atoms with Crippen molar-refractivity contribution in [3.05, 3.63) is 0 Å². The molecule has 1 saturated heterocycles. The van der Waals surface area contributed by atoms with E-state index in [0.29, 0.717) is 0 Å². The molecule has 1 aliphatic heterocycles. The highest BCUT2D eigenvalue weighted by atomic mass is 16.6. The van der Waals surface area contributed by atoms with Crippen LogP contribution in [0.15, 0.2) is 0 Å². The molecule has 0 aromatic heterocycles. The highest BCUT2D eigenvalue weighted by Gasteiger charge is 2.05. The van der Waals surface area contributed by atoms with Crippen LogP contribution in [0.4, 0.5) is 4.79 Å². The summed E-state index contributed by atoms with van der Waals surface area (Å²) in [4.78, 5) is 18.7. The lowest BCUT2D eigenvalue weighted by Crippen LogP contribution is -2.12. The van der Waals surface area contributed by atoms with Gasteiger partial charge in [-0.2, -0.15) is 0 Å². The minimum Gasteiger partial charge on any atom is -0.450 e. The van der Waals surface area contributed by atoms with E-state index in [-0.39, 0.29) is 11.4 Å². The van der Waals surface area contributed by atoms with Crippen molar-refractivity contribution >= 4 is 12.1 Å². The Kier molecular flexibility index (Phi) is 7.67. The van der Waals surface area contributed by atoms with E-state index < -0.39 is 6.16 Å². The second-order valence-electron chi connectivity index (χ2n) is 1.74. The molecule has 0 saturated carbocycles. The lowest BCUT2D eigenvalue weighted by atomic mass is 10.4. The normalized spacial score (nSPS) is 13.6. The summed E-state index contributed by atoms with van der Waals surface area (Å²) in [6, 6.07) is 0. The third-order valence-corrected chi connectivity index (χ3v) is 0.903. The molecule has 0 aromatic rings. The van der Waals surface area contributed by atoms with E-state index in [0.717, 1.165) is 19.4 Å². The van der Waals surface area contributed by atoms with Crippen LogP contribution in [0, 0.1) is 0 Å². The number of rotatable bonds is 0. The maximum atomic E-state index is 10.1. The summed E-state index contributed by atoms with van der Waals surface area (Å²) in [5.74, 6) is 0.204. The second-order valence-corrected chi connectivity index (χ2v) is 1.74. The minimum absolute atomic E-state index is 0. The molecular formula is C5H11NO5. The monoisotopic (exact) mass is 165 g/mol. The second kappa shape index (κ2) is 6.81. The fourth-order valence-electron chi connectivity index (χ4n) is 0.565. The molecule has 66 valence electrons. The van der Waals surface area contributed by atoms with Gasteiger partial charge < -0.3 is 21.0 Å². The lowest BCUT2D eigenvalue weighted by molar-refractivity contribution is -0.119. The van der Waals surface area contributed by atoms with Crippen LogP contribution in [-0.2, 0) is 4.79 Å². The Labute approximate surface area is 63.1 Å². The molecule has 6 heteroatoms. The molecule has 0 spiro atoms. The molecule has 0 aliphatic carbocycles. The molecule has 0 unspecified atom stereocenters. The van der Waals surface area contributed by atoms with Gasteiger partial charge in [0, 0.05) is 13.0 Å². The third kappa shape index (κ3) is 12.0. The quantitative estimate of drug-likeness (QED) is 0.439. The molecule has 1 heterocycles. The van der Waals surface area contributed by atoms with Crippen LogP contribution in [0.1, 0.15) is 12.8 Å². The molecule has 6 nitrogen and oxygen atoms in total. The van der Waals surface area contributed by atoms with Crippen LogP contribution in [0.5, 0.6) is 0 Å². The van der Waals surface area contributed by atoms with Crippen molar-refractivity contribution in [1.29, 1.82) is 0 Å². The van der Waals surface area contributed by atoms with Gasteiger partial charge >= 0.3 is 6.16 Å². The molecule has 0 bridgehead atoms. The predicted octanol–water partition coefficient (Wildman–Crippen LogP) is -0.706. The lowest BCUT2D eigenvalue weighted by Gasteiger charge is -1.80. The fraction of sp³-hybridized carbons (Fsp3) is 0.600. The van der Waals surface area contributed by atoms with Crippen molar-refractivity contribution in [3.8, 4) is 0 Å². The Morgan fingerprint density at radius 2 is 1.91 bits per heavy atom. The molecule has 0 aromatic carbocycles. The van der Waals surface area contributed by atoms with Gasteiger partial charge in [0.15, 0.2) is 0 Å². The number of nitrogens with one attached hydrogen (secondary N) is 1. The van der Waals surface area contributed by atoms with Crippen molar-refractivity contribution in [2.24, 2.45) is 0 Å². The van der Waals surface area contributed by atoms with Gasteiger partial charge in [-0.25, -0.2) is 4.79 Å². The smallest absolute Gasteiger partial charge is 0.450 e. The van der Waals surface area contributed by atoms with Gasteiger partial charge in [0.2, 0.25) is 5.91 Å². The van der Waals surface area contributed by atoms with Gasteiger partial charge in [-0.15, -0.1) is 0 Å². The molecule has 1 rings (SSSR count). The number of hydrogen-bond donors (Lipinski definition) is 3. The third-order valence-electron chi connectivity index (χ3n) is 0.903. The van der Waals surface area contributed by atoms with Crippen LogP contribution in [0.25, 0.3) is 0 Å². The standard InChI is InChI=1S/C4H7NO.CH2O3.H2O/c6-4-2-1-3-5-4;2-1(3)4;/h1-3H2,(H,5,6);(H2,2,3,4);1H2. The summed E-state index contributed by atoms with van der Waals surface area (Å²) in [6.07, 6.45) is -0.0706. The minimum atomic E-state index is -1.83. The molecular weight excluding hydrogens is 154 g/mol. The SMILES string of the molecule is O.O=C(O)O.O=C1CCCN1. The summed E-state index contributed by atoms with van der Waals surface area (Å²) in [6.45, 7) is 0.888. The van der Waals surface area contributed by atoms with Crippen LogP contribution < -0.4 is 5.32 Å². The zero-order valence-corrected chi connectivity index (χ0v) is 5.83. The van der Waals surface area contributed by atoms with Gasteiger partial charge in [-0.1, -0.05) is 0 Å². The van der Waals surface area contributed by atoms with E-state index in [9.17, 15) is 4.79 Å². The van der Waals surface area contributed by atoms with Gasteiger partial charge in [0.25, 0.3) is 0 Å². The summed E-state index contributed by atoms with van der Waals surface area (Å²) in [5, 5.41) is 16.6. The summed E-state index contributed by atoms with van der Waals surface area (Å²) in [5.41, 5.74) is 0. The van der Waals surface area contributed by atoms with Gasteiger partial charge in [-0.05, 0) is 6.42 Å². The first-order chi connectivity index (χ1) is 4.63. The highest BCUT2D eigenvalue weighted by Crippen LogP contribution is 1.93. The molecule has 5 N–H and O–H groups in total. The topological polar surface area (TPSA) is 118 Å². The molecule has 1 aliphatic rings. The molecule has 0 radical (unpaired) electrons. The summed E-state index contributed by atoms with van der Waals surface area (Å²) in [7, 11) is 0.